The number of rotatable bonds is 11. The fraction of sp³-hybridized carbons (Fsp3) is 0.350. The molecule has 1 aliphatic rings. The van der Waals surface area contributed by atoms with Gasteiger partial charge in [0.2, 0.25) is 16.8 Å². The first-order chi connectivity index (χ1) is 14.5. The summed E-state index contributed by atoms with van der Waals surface area (Å²) in [6.07, 6.45) is 0.588. The number of amides is 1. The number of hydrogen-bond donors (Lipinski definition) is 2. The minimum absolute atomic E-state index is 0.119. The van der Waals surface area contributed by atoms with Crippen LogP contribution in [-0.2, 0) is 19.6 Å². The van der Waals surface area contributed by atoms with Gasteiger partial charge in [-0.05, 0) is 49.7 Å². The smallest absolute Gasteiger partial charge is 0.262 e. The summed E-state index contributed by atoms with van der Waals surface area (Å²) in [5.74, 6) is 1.30. The molecule has 9 nitrogen and oxygen atoms in total. The molecule has 162 valence electrons. The lowest BCUT2D eigenvalue weighted by Crippen LogP contribution is -2.25. The number of carbonyl (C=O) groups is 1. The Hall–Kier alpha value is -2.82. The normalized spacial score (nSPS) is 12.6. The summed E-state index contributed by atoms with van der Waals surface area (Å²) in [6, 6.07) is 10.9. The van der Waals surface area contributed by atoms with Crippen LogP contribution in [0.3, 0.4) is 0 Å². The Balaban J connectivity index is 1.47. The topological polar surface area (TPSA) is 112 Å². The van der Waals surface area contributed by atoms with E-state index in [1.165, 1.54) is 24.3 Å². The zero-order chi connectivity index (χ0) is 21.4. The summed E-state index contributed by atoms with van der Waals surface area (Å²) in [5.41, 5.74) is 0.463. The highest BCUT2D eigenvalue weighted by molar-refractivity contribution is 7.89. The second-order valence-electron chi connectivity index (χ2n) is 6.32. The first-order valence-electron chi connectivity index (χ1n) is 9.48. The Morgan fingerprint density at radius 1 is 1.10 bits per heavy atom. The molecule has 0 spiro atoms. The van der Waals surface area contributed by atoms with Crippen LogP contribution >= 0.6 is 0 Å². The van der Waals surface area contributed by atoms with Crippen molar-refractivity contribution >= 4 is 21.6 Å². The van der Waals surface area contributed by atoms with E-state index in [0.717, 1.165) is 0 Å². The van der Waals surface area contributed by atoms with Crippen LogP contribution in [0.1, 0.15) is 13.3 Å². The molecule has 2 aromatic carbocycles. The second kappa shape index (κ2) is 10.3. The van der Waals surface area contributed by atoms with Crippen molar-refractivity contribution in [2.24, 2.45) is 0 Å². The molecule has 1 amide bonds. The predicted molar refractivity (Wildman–Crippen MR) is 109 cm³/mol. The van der Waals surface area contributed by atoms with E-state index in [1.54, 1.807) is 18.2 Å². The van der Waals surface area contributed by atoms with Gasteiger partial charge >= 0.3 is 0 Å². The Bertz CT molecular complexity index is 962. The van der Waals surface area contributed by atoms with Crippen molar-refractivity contribution in [3.05, 3.63) is 42.5 Å². The summed E-state index contributed by atoms with van der Waals surface area (Å²) >= 11 is 0. The number of benzene rings is 2. The van der Waals surface area contributed by atoms with Crippen LogP contribution in [0.25, 0.3) is 0 Å². The van der Waals surface area contributed by atoms with Gasteiger partial charge in [-0.15, -0.1) is 0 Å². The summed E-state index contributed by atoms with van der Waals surface area (Å²) in [5, 5.41) is 2.66. The molecule has 30 heavy (non-hydrogen) atoms. The molecule has 1 aliphatic heterocycles. The molecule has 0 fully saturated rings. The number of carbonyl (C=O) groups excluding carboxylic acids is 1. The molecule has 10 heteroatoms. The fourth-order valence-electron chi connectivity index (χ4n) is 2.64. The molecule has 0 bridgehead atoms. The quantitative estimate of drug-likeness (QED) is 0.519. The molecule has 0 radical (unpaired) electrons. The number of fused-ring (bicyclic) bond motifs is 1. The second-order valence-corrected chi connectivity index (χ2v) is 8.09. The summed E-state index contributed by atoms with van der Waals surface area (Å²) in [6.45, 7) is 3.22. The molecule has 0 saturated heterocycles. The number of ether oxygens (including phenoxy) is 4. The van der Waals surface area contributed by atoms with Gasteiger partial charge in [0.05, 0.1) is 4.90 Å². The summed E-state index contributed by atoms with van der Waals surface area (Å²) in [4.78, 5) is 12.2. The first kappa shape index (κ1) is 21.9. The van der Waals surface area contributed by atoms with Crippen LogP contribution in [0.2, 0.25) is 0 Å². The van der Waals surface area contributed by atoms with Crippen molar-refractivity contribution in [2.45, 2.75) is 18.2 Å². The largest absolute Gasteiger partial charge is 0.484 e. The highest BCUT2D eigenvalue weighted by Crippen LogP contribution is 2.35. The van der Waals surface area contributed by atoms with Gasteiger partial charge in [-0.25, -0.2) is 13.1 Å². The van der Waals surface area contributed by atoms with Crippen molar-refractivity contribution in [3.8, 4) is 17.2 Å². The lowest BCUT2D eigenvalue weighted by atomic mass is 10.3. The van der Waals surface area contributed by atoms with E-state index < -0.39 is 10.0 Å². The first-order valence-corrected chi connectivity index (χ1v) is 11.0. The minimum Gasteiger partial charge on any atom is -0.484 e. The van der Waals surface area contributed by atoms with E-state index in [0.29, 0.717) is 42.6 Å². The third kappa shape index (κ3) is 6.09. The molecule has 2 N–H and O–H groups in total. The van der Waals surface area contributed by atoms with Gasteiger partial charge in [-0.1, -0.05) is 0 Å². The van der Waals surface area contributed by atoms with Gasteiger partial charge in [0.1, 0.15) is 5.75 Å². The standard InChI is InChI=1S/C20H24N2O7S/c1-2-26-11-3-10-21-30(24,25)17-7-4-15(5-8-17)22-20(23)13-27-16-6-9-18-19(12-16)29-14-28-18/h4-9,12,21H,2-3,10-11,13-14H2,1H3,(H,22,23). The minimum atomic E-state index is -3.61. The molecule has 0 aliphatic carbocycles. The third-order valence-corrected chi connectivity index (χ3v) is 5.60. The van der Waals surface area contributed by atoms with Crippen LogP contribution in [0.4, 0.5) is 5.69 Å². The van der Waals surface area contributed by atoms with Crippen LogP contribution in [0.5, 0.6) is 17.2 Å². The van der Waals surface area contributed by atoms with E-state index in [2.05, 4.69) is 10.0 Å². The molecular weight excluding hydrogens is 412 g/mol. The monoisotopic (exact) mass is 436 g/mol. The molecule has 2 aromatic rings. The van der Waals surface area contributed by atoms with Crippen LogP contribution in [0.15, 0.2) is 47.4 Å². The summed E-state index contributed by atoms with van der Waals surface area (Å²) in [7, 11) is -3.61. The maximum absolute atomic E-state index is 12.3. The summed E-state index contributed by atoms with van der Waals surface area (Å²) < 4.78 is 48.1. The Labute approximate surface area is 175 Å². The van der Waals surface area contributed by atoms with E-state index >= 15 is 0 Å². The molecule has 0 aromatic heterocycles. The average Bonchev–Trinajstić information content (AvgIpc) is 3.20. The van der Waals surface area contributed by atoms with E-state index in [-0.39, 0.29) is 30.7 Å². The fourth-order valence-corrected chi connectivity index (χ4v) is 3.71. The zero-order valence-corrected chi connectivity index (χ0v) is 17.4. The van der Waals surface area contributed by atoms with Crippen LogP contribution in [0, 0.1) is 0 Å². The predicted octanol–water partition coefficient (Wildman–Crippen LogP) is 2.14. The van der Waals surface area contributed by atoms with Gasteiger partial charge < -0.3 is 24.3 Å². The maximum Gasteiger partial charge on any atom is 0.262 e. The number of sulfonamides is 1. The molecule has 0 saturated carbocycles. The van der Waals surface area contributed by atoms with Gasteiger partial charge in [0, 0.05) is 31.5 Å². The molecular formula is C20H24N2O7S. The third-order valence-electron chi connectivity index (χ3n) is 4.12. The van der Waals surface area contributed by atoms with E-state index in [4.69, 9.17) is 18.9 Å². The highest BCUT2D eigenvalue weighted by atomic mass is 32.2. The number of anilines is 1. The zero-order valence-electron chi connectivity index (χ0n) is 16.6. The Kier molecular flexibility index (Phi) is 7.50. The molecule has 0 unspecified atom stereocenters. The van der Waals surface area contributed by atoms with Crippen molar-refractivity contribution in [1.29, 1.82) is 0 Å². The Morgan fingerprint density at radius 3 is 2.63 bits per heavy atom. The number of nitrogens with one attached hydrogen (secondary N) is 2. The lowest BCUT2D eigenvalue weighted by Gasteiger charge is -2.10. The van der Waals surface area contributed by atoms with Gasteiger partial charge in [-0.2, -0.15) is 0 Å². The van der Waals surface area contributed by atoms with Gasteiger partial charge in [-0.3, -0.25) is 4.79 Å². The molecule has 3 rings (SSSR count). The lowest BCUT2D eigenvalue weighted by molar-refractivity contribution is -0.118. The Morgan fingerprint density at radius 2 is 1.87 bits per heavy atom. The van der Waals surface area contributed by atoms with Crippen molar-refractivity contribution in [1.82, 2.24) is 4.72 Å². The van der Waals surface area contributed by atoms with Gasteiger partial charge in [0.25, 0.3) is 5.91 Å². The number of hydrogen-bond acceptors (Lipinski definition) is 7. The van der Waals surface area contributed by atoms with E-state index in [9.17, 15) is 13.2 Å². The highest BCUT2D eigenvalue weighted by Gasteiger charge is 2.15. The van der Waals surface area contributed by atoms with Crippen LogP contribution in [-0.4, -0.2) is 47.5 Å². The molecule has 1 heterocycles. The average molecular weight is 436 g/mol. The van der Waals surface area contributed by atoms with Gasteiger partial charge in [0.15, 0.2) is 18.1 Å². The van der Waals surface area contributed by atoms with Crippen molar-refractivity contribution < 1.29 is 32.2 Å². The van der Waals surface area contributed by atoms with Crippen molar-refractivity contribution in [2.75, 3.05) is 38.5 Å². The van der Waals surface area contributed by atoms with E-state index in [1.807, 2.05) is 6.92 Å². The van der Waals surface area contributed by atoms with Crippen molar-refractivity contribution in [3.63, 3.8) is 0 Å². The maximum atomic E-state index is 12.3. The van der Waals surface area contributed by atoms with Crippen LogP contribution < -0.4 is 24.2 Å². The SMILES string of the molecule is CCOCCCNS(=O)(=O)c1ccc(NC(=O)COc2ccc3c(c2)OCO3)cc1. The molecule has 0 atom stereocenters.